The quantitative estimate of drug-likeness (QED) is 0.380. The zero-order chi connectivity index (χ0) is 11.7. The van der Waals surface area contributed by atoms with Crippen LogP contribution in [0.3, 0.4) is 0 Å². The highest BCUT2D eigenvalue weighted by Gasteiger charge is 2.29. The molecule has 0 aliphatic carbocycles. The van der Waals surface area contributed by atoms with E-state index in [0.717, 1.165) is 0 Å². The number of amides is 1. The molecule has 0 bridgehead atoms. The molecule has 6 heteroatoms. The van der Waals surface area contributed by atoms with Crippen molar-refractivity contribution in [1.29, 1.82) is 0 Å². The van der Waals surface area contributed by atoms with Crippen LogP contribution in [-0.2, 0) is 11.8 Å². The zero-order valence-electron chi connectivity index (χ0n) is 10.3. The van der Waals surface area contributed by atoms with Gasteiger partial charge in [0.1, 0.15) is 12.4 Å². The van der Waals surface area contributed by atoms with Gasteiger partial charge in [-0.2, -0.15) is 4.57 Å². The van der Waals surface area contributed by atoms with Crippen LogP contribution in [0.5, 0.6) is 0 Å². The smallest absolute Gasteiger partial charge is 0.415 e. The number of imidazole rings is 1. The monoisotopic (exact) mass is 351 g/mol. The largest absolute Gasteiger partial charge is 1.00 e. The summed E-state index contributed by atoms with van der Waals surface area (Å²) in [5, 5.41) is 0. The molecule has 1 aliphatic heterocycles. The fourth-order valence-corrected chi connectivity index (χ4v) is 2.06. The first-order chi connectivity index (χ1) is 7.56. The number of hydrogen-bond donors (Lipinski definition) is 0. The van der Waals surface area contributed by atoms with Gasteiger partial charge in [0.05, 0.1) is 32.3 Å². The van der Waals surface area contributed by atoms with Gasteiger partial charge in [-0.15, -0.1) is 0 Å². The molecular formula is C11H18IN3O2. The average Bonchev–Trinajstić information content (AvgIpc) is 2.62. The van der Waals surface area contributed by atoms with E-state index in [0.29, 0.717) is 13.1 Å². The Bertz CT molecular complexity index is 384. The Balaban J connectivity index is 0.00000144. The fourth-order valence-electron chi connectivity index (χ4n) is 2.06. The highest BCUT2D eigenvalue weighted by molar-refractivity contribution is 5.76. The first-order valence-corrected chi connectivity index (χ1v) is 5.54. The number of aryl methyl sites for hydroxylation is 1. The molecule has 1 fully saturated rings. The molecule has 17 heavy (non-hydrogen) atoms. The lowest BCUT2D eigenvalue weighted by Gasteiger charge is -2.33. The van der Waals surface area contributed by atoms with E-state index >= 15 is 0 Å². The van der Waals surface area contributed by atoms with E-state index in [1.807, 2.05) is 36.6 Å². The van der Waals surface area contributed by atoms with E-state index in [4.69, 9.17) is 4.74 Å². The number of rotatable bonds is 0. The number of carbonyl (C=O) groups is 1. The van der Waals surface area contributed by atoms with Crippen molar-refractivity contribution in [2.45, 2.75) is 26.1 Å². The molecule has 0 spiro atoms. The standard InChI is InChI=1S/C11H18N3O2.HI/c1-9-6-14(7-10(2)16-9)11(15)13-5-4-12(3)8-13;/h4-5,8-10H,6-7H2,1-3H3;1H/q+1;/p-1/t9-,10+;. The van der Waals surface area contributed by atoms with Gasteiger partial charge in [0.15, 0.2) is 0 Å². The third kappa shape index (κ3) is 3.41. The van der Waals surface area contributed by atoms with Gasteiger partial charge in [-0.3, -0.25) is 4.90 Å². The number of hydrogen-bond acceptors (Lipinski definition) is 2. The SMILES string of the molecule is C[C@@H]1CN(C(=O)n2cc[n+](C)c2)C[C@H](C)O1.[I-]. The Kier molecular flexibility index (Phi) is 4.93. The molecule has 5 nitrogen and oxygen atoms in total. The maximum atomic E-state index is 12.1. The summed E-state index contributed by atoms with van der Waals surface area (Å²) >= 11 is 0. The maximum Gasteiger partial charge on any atom is 0.415 e. The topological polar surface area (TPSA) is 38.4 Å². The van der Waals surface area contributed by atoms with Gasteiger partial charge in [-0.25, -0.2) is 9.36 Å². The molecule has 1 aliphatic rings. The summed E-state index contributed by atoms with van der Waals surface area (Å²) in [5.74, 6) is 0. The number of aromatic nitrogens is 2. The number of halogens is 1. The lowest BCUT2D eigenvalue weighted by atomic mass is 10.2. The molecule has 0 saturated carbocycles. The van der Waals surface area contributed by atoms with Crippen LogP contribution in [0.15, 0.2) is 18.7 Å². The minimum atomic E-state index is 0. The molecule has 1 saturated heterocycles. The van der Waals surface area contributed by atoms with Gasteiger partial charge in [0.2, 0.25) is 0 Å². The normalized spacial score (nSPS) is 24.3. The number of ether oxygens (including phenoxy) is 1. The van der Waals surface area contributed by atoms with Crippen molar-refractivity contribution in [2.24, 2.45) is 7.05 Å². The first-order valence-electron chi connectivity index (χ1n) is 5.54. The first kappa shape index (κ1) is 14.4. The van der Waals surface area contributed by atoms with Gasteiger partial charge in [0, 0.05) is 0 Å². The molecule has 0 aromatic carbocycles. The summed E-state index contributed by atoms with van der Waals surface area (Å²) in [5.41, 5.74) is 0. The third-order valence-electron chi connectivity index (χ3n) is 2.68. The van der Waals surface area contributed by atoms with Crippen LogP contribution < -0.4 is 28.5 Å². The van der Waals surface area contributed by atoms with Gasteiger partial charge < -0.3 is 28.7 Å². The predicted octanol–water partition coefficient (Wildman–Crippen LogP) is -2.61. The fraction of sp³-hybridized carbons (Fsp3) is 0.636. The molecule has 2 heterocycles. The van der Waals surface area contributed by atoms with E-state index in [2.05, 4.69) is 0 Å². The van der Waals surface area contributed by atoms with Gasteiger partial charge >= 0.3 is 6.03 Å². The molecule has 1 aromatic heterocycles. The van der Waals surface area contributed by atoms with Crippen molar-refractivity contribution >= 4 is 6.03 Å². The van der Waals surface area contributed by atoms with Gasteiger partial charge in [0.25, 0.3) is 6.33 Å². The zero-order valence-corrected chi connectivity index (χ0v) is 12.5. The molecule has 0 N–H and O–H groups in total. The Hall–Kier alpha value is -0.630. The molecule has 0 unspecified atom stereocenters. The van der Waals surface area contributed by atoms with Crippen LogP contribution in [0.25, 0.3) is 0 Å². The summed E-state index contributed by atoms with van der Waals surface area (Å²) in [7, 11) is 1.90. The minimum Gasteiger partial charge on any atom is -1.00 e. The van der Waals surface area contributed by atoms with Crippen LogP contribution in [0.4, 0.5) is 4.79 Å². The summed E-state index contributed by atoms with van der Waals surface area (Å²) < 4.78 is 9.05. The molecule has 0 radical (unpaired) electrons. The van der Waals surface area contributed by atoms with Crippen molar-refractivity contribution in [3.63, 3.8) is 0 Å². The van der Waals surface area contributed by atoms with Gasteiger partial charge in [-0.1, -0.05) is 0 Å². The number of morpholine rings is 1. The average molecular weight is 351 g/mol. The summed E-state index contributed by atoms with van der Waals surface area (Å²) in [6.45, 7) is 5.30. The van der Waals surface area contributed by atoms with Crippen molar-refractivity contribution in [2.75, 3.05) is 13.1 Å². The Morgan fingerprint density at radius 1 is 1.35 bits per heavy atom. The van der Waals surface area contributed by atoms with Crippen molar-refractivity contribution < 1.29 is 38.1 Å². The van der Waals surface area contributed by atoms with E-state index in [1.165, 1.54) is 0 Å². The Labute approximate surface area is 118 Å². The lowest BCUT2D eigenvalue weighted by Crippen LogP contribution is -3.00. The summed E-state index contributed by atoms with van der Waals surface area (Å²) in [6, 6.07) is 0.0163. The molecular weight excluding hydrogens is 333 g/mol. The van der Waals surface area contributed by atoms with Crippen LogP contribution in [0.1, 0.15) is 13.8 Å². The Morgan fingerprint density at radius 3 is 2.41 bits per heavy atom. The third-order valence-corrected chi connectivity index (χ3v) is 2.68. The summed E-state index contributed by atoms with van der Waals surface area (Å²) in [4.78, 5) is 14.0. The second-order valence-corrected chi connectivity index (χ2v) is 4.43. The van der Waals surface area contributed by atoms with Crippen LogP contribution in [0, 0.1) is 0 Å². The number of nitrogens with zero attached hydrogens (tertiary/aromatic N) is 3. The van der Waals surface area contributed by atoms with E-state index in [-0.39, 0.29) is 42.2 Å². The van der Waals surface area contributed by atoms with Crippen LogP contribution >= 0.6 is 0 Å². The molecule has 96 valence electrons. The van der Waals surface area contributed by atoms with E-state index < -0.39 is 0 Å². The van der Waals surface area contributed by atoms with E-state index in [1.54, 1.807) is 17.1 Å². The number of carbonyl (C=O) groups excluding carboxylic acids is 1. The summed E-state index contributed by atoms with van der Waals surface area (Å²) in [6.07, 6.45) is 5.61. The lowest BCUT2D eigenvalue weighted by molar-refractivity contribution is -0.670. The Morgan fingerprint density at radius 2 is 1.94 bits per heavy atom. The van der Waals surface area contributed by atoms with Crippen molar-refractivity contribution in [3.05, 3.63) is 18.7 Å². The van der Waals surface area contributed by atoms with Gasteiger partial charge in [-0.05, 0) is 13.8 Å². The second kappa shape index (κ2) is 5.81. The van der Waals surface area contributed by atoms with E-state index in [9.17, 15) is 4.79 Å². The van der Waals surface area contributed by atoms with Crippen LogP contribution in [0.2, 0.25) is 0 Å². The molecule has 1 amide bonds. The highest BCUT2D eigenvalue weighted by atomic mass is 127. The molecule has 2 rings (SSSR count). The molecule has 2 atom stereocenters. The minimum absolute atomic E-state index is 0. The molecule has 1 aromatic rings. The predicted molar refractivity (Wildman–Crippen MR) is 58.0 cm³/mol. The second-order valence-electron chi connectivity index (χ2n) is 4.43. The van der Waals surface area contributed by atoms with Crippen LogP contribution in [-0.4, -0.2) is 40.8 Å². The van der Waals surface area contributed by atoms with Crippen molar-refractivity contribution in [3.8, 4) is 0 Å². The highest BCUT2D eigenvalue weighted by Crippen LogP contribution is 2.11. The van der Waals surface area contributed by atoms with Crippen molar-refractivity contribution in [1.82, 2.24) is 9.47 Å². The maximum absolute atomic E-state index is 12.1.